The number of aryl methyl sites for hydroxylation is 2. The Morgan fingerprint density at radius 3 is 2.44 bits per heavy atom. The first-order chi connectivity index (χ1) is 18.5. The Balaban J connectivity index is 1.46. The highest BCUT2D eigenvalue weighted by molar-refractivity contribution is 5.91. The molecule has 3 N–H and O–H groups in total. The largest absolute Gasteiger partial charge is 0.391 e. The quantitative estimate of drug-likeness (QED) is 0.420. The van der Waals surface area contributed by atoms with Crippen molar-refractivity contribution in [3.63, 3.8) is 0 Å². The Morgan fingerprint density at radius 1 is 1.08 bits per heavy atom. The van der Waals surface area contributed by atoms with Gasteiger partial charge >= 0.3 is 6.03 Å². The molecule has 1 aliphatic heterocycles. The zero-order valence-corrected chi connectivity index (χ0v) is 22.5. The molecule has 2 amide bonds. The van der Waals surface area contributed by atoms with Crippen molar-refractivity contribution in [3.8, 4) is 11.3 Å². The summed E-state index contributed by atoms with van der Waals surface area (Å²) in [6.07, 6.45) is 4.27. The molecule has 2 atom stereocenters. The molecule has 1 unspecified atom stereocenters. The molecule has 206 valence electrons. The molecule has 1 aliphatic carbocycles. The molecule has 3 heterocycles. The summed E-state index contributed by atoms with van der Waals surface area (Å²) in [5.41, 5.74) is 3.95. The number of pyridine rings is 1. The number of urea groups is 1. The Kier molecular flexibility index (Phi) is 7.35. The molecule has 39 heavy (non-hydrogen) atoms. The van der Waals surface area contributed by atoms with Gasteiger partial charge in [0.25, 0.3) is 0 Å². The van der Waals surface area contributed by atoms with Gasteiger partial charge in [-0.2, -0.15) is 0 Å². The number of ether oxygens (including phenoxy) is 1. The van der Waals surface area contributed by atoms with Gasteiger partial charge in [-0.1, -0.05) is 13.8 Å². The van der Waals surface area contributed by atoms with Gasteiger partial charge in [0, 0.05) is 37.1 Å². The summed E-state index contributed by atoms with van der Waals surface area (Å²) < 4.78 is 33.9. The van der Waals surface area contributed by atoms with E-state index in [1.807, 2.05) is 33.8 Å². The van der Waals surface area contributed by atoms with Crippen LogP contribution in [0.3, 0.4) is 0 Å². The predicted molar refractivity (Wildman–Crippen MR) is 142 cm³/mol. The number of aromatic nitrogens is 3. The van der Waals surface area contributed by atoms with Gasteiger partial charge in [-0.15, -0.1) is 0 Å². The lowest BCUT2D eigenvalue weighted by molar-refractivity contribution is 0.0846. The molecule has 0 saturated carbocycles. The van der Waals surface area contributed by atoms with Crippen LogP contribution in [-0.4, -0.2) is 45.4 Å². The Bertz CT molecular complexity index is 1390. The van der Waals surface area contributed by atoms with E-state index in [1.165, 1.54) is 0 Å². The normalized spacial score (nSPS) is 20.8. The van der Waals surface area contributed by atoms with Gasteiger partial charge in [-0.3, -0.25) is 0 Å². The van der Waals surface area contributed by atoms with Crippen LogP contribution in [0.4, 0.5) is 19.3 Å². The number of nitrogens with one attached hydrogen (secondary N) is 2. The predicted octanol–water partition coefficient (Wildman–Crippen LogP) is 5.23. The average molecular weight is 538 g/mol. The zero-order valence-electron chi connectivity index (χ0n) is 22.5. The number of amides is 2. The first-order valence-corrected chi connectivity index (χ1v) is 13.2. The second-order valence-electron chi connectivity index (χ2n) is 11.1. The number of hydrogen-bond acceptors (Lipinski definition) is 6. The summed E-state index contributed by atoms with van der Waals surface area (Å²) in [7, 11) is 0. The maximum atomic E-state index is 14.2. The molecule has 0 spiro atoms. The van der Waals surface area contributed by atoms with Gasteiger partial charge < -0.3 is 20.5 Å². The summed E-state index contributed by atoms with van der Waals surface area (Å²) in [6.45, 7) is 8.63. The van der Waals surface area contributed by atoms with Crippen LogP contribution >= 0.6 is 0 Å². The molecular weight excluding hydrogens is 504 g/mol. The third-order valence-corrected chi connectivity index (χ3v) is 7.70. The van der Waals surface area contributed by atoms with Crippen molar-refractivity contribution in [1.29, 1.82) is 0 Å². The number of anilines is 1. The molecule has 1 saturated heterocycles. The van der Waals surface area contributed by atoms with Gasteiger partial charge in [0.05, 0.1) is 29.2 Å². The lowest BCUT2D eigenvalue weighted by atomic mass is 9.69. The number of carbonyl (C=O) groups excluding carboxylic acids is 1. The Hall–Kier alpha value is -3.50. The third-order valence-electron chi connectivity index (χ3n) is 7.70. The van der Waals surface area contributed by atoms with E-state index in [4.69, 9.17) is 9.72 Å². The van der Waals surface area contributed by atoms with Crippen molar-refractivity contribution in [2.75, 3.05) is 18.5 Å². The number of aliphatic hydroxyl groups excluding tert-OH is 1. The Labute approximate surface area is 226 Å². The summed E-state index contributed by atoms with van der Waals surface area (Å²) in [5.74, 6) is -1.25. The van der Waals surface area contributed by atoms with E-state index in [1.54, 1.807) is 12.4 Å². The highest BCUT2D eigenvalue weighted by atomic mass is 19.2. The smallest absolute Gasteiger partial charge is 0.319 e. The van der Waals surface area contributed by atoms with E-state index in [2.05, 4.69) is 20.6 Å². The first-order valence-electron chi connectivity index (χ1n) is 13.2. The number of halogens is 2. The molecule has 1 aromatic carbocycles. The SMILES string of the molecule is Cc1ncc(-c2nc(C3CCOCC3)c(NC(=O)NC3c4cc(F)c(F)cc4C(C)(C)C[C@H]3O)cc2C)cn1. The number of aliphatic hydroxyl groups is 1. The fourth-order valence-corrected chi connectivity index (χ4v) is 5.65. The number of rotatable bonds is 4. The summed E-state index contributed by atoms with van der Waals surface area (Å²) in [4.78, 5) is 26.9. The summed E-state index contributed by atoms with van der Waals surface area (Å²) >= 11 is 0. The van der Waals surface area contributed by atoms with Crippen LogP contribution in [0.25, 0.3) is 11.3 Å². The average Bonchev–Trinajstić information content (AvgIpc) is 2.89. The fourth-order valence-electron chi connectivity index (χ4n) is 5.65. The van der Waals surface area contributed by atoms with E-state index < -0.39 is 35.2 Å². The molecule has 0 bridgehead atoms. The minimum absolute atomic E-state index is 0.0682. The van der Waals surface area contributed by atoms with Crippen LogP contribution in [0.15, 0.2) is 30.6 Å². The molecule has 1 fully saturated rings. The van der Waals surface area contributed by atoms with Gasteiger partial charge in [-0.05, 0) is 73.4 Å². The van der Waals surface area contributed by atoms with Crippen LogP contribution in [0.1, 0.15) is 73.3 Å². The summed E-state index contributed by atoms with van der Waals surface area (Å²) in [6, 6.07) is 2.61. The minimum atomic E-state index is -1.02. The number of carbonyl (C=O) groups is 1. The molecule has 3 aromatic rings. The maximum absolute atomic E-state index is 14.2. The van der Waals surface area contributed by atoms with Gasteiger partial charge in [0.15, 0.2) is 11.6 Å². The van der Waals surface area contributed by atoms with E-state index in [0.29, 0.717) is 35.9 Å². The lowest BCUT2D eigenvalue weighted by Gasteiger charge is -2.40. The molecule has 2 aromatic heterocycles. The lowest BCUT2D eigenvalue weighted by Crippen LogP contribution is -2.45. The van der Waals surface area contributed by atoms with Crippen LogP contribution in [0, 0.1) is 25.5 Å². The molecule has 8 nitrogen and oxygen atoms in total. The number of fused-ring (bicyclic) bond motifs is 1. The topological polar surface area (TPSA) is 109 Å². The minimum Gasteiger partial charge on any atom is -0.391 e. The fraction of sp³-hybridized carbons (Fsp3) is 0.448. The molecule has 2 aliphatic rings. The van der Waals surface area contributed by atoms with E-state index in [0.717, 1.165) is 47.5 Å². The van der Waals surface area contributed by atoms with Crippen molar-refractivity contribution in [2.24, 2.45) is 0 Å². The Morgan fingerprint density at radius 2 is 1.74 bits per heavy atom. The van der Waals surface area contributed by atoms with Crippen LogP contribution in [-0.2, 0) is 10.2 Å². The van der Waals surface area contributed by atoms with Crippen LogP contribution in [0.2, 0.25) is 0 Å². The second-order valence-corrected chi connectivity index (χ2v) is 11.1. The van der Waals surface area contributed by atoms with Crippen molar-refractivity contribution in [3.05, 3.63) is 70.4 Å². The van der Waals surface area contributed by atoms with Gasteiger partial charge in [0.1, 0.15) is 5.82 Å². The van der Waals surface area contributed by atoms with E-state index in [-0.39, 0.29) is 12.3 Å². The van der Waals surface area contributed by atoms with E-state index >= 15 is 0 Å². The molecule has 5 rings (SSSR count). The molecule has 10 heteroatoms. The third kappa shape index (κ3) is 5.49. The first kappa shape index (κ1) is 27.1. The number of hydrogen-bond donors (Lipinski definition) is 3. The maximum Gasteiger partial charge on any atom is 0.319 e. The summed E-state index contributed by atoms with van der Waals surface area (Å²) in [5, 5.41) is 16.6. The molecule has 0 radical (unpaired) electrons. The van der Waals surface area contributed by atoms with E-state index in [9.17, 15) is 18.7 Å². The molecular formula is C29H33F2N5O3. The van der Waals surface area contributed by atoms with Crippen molar-refractivity contribution in [1.82, 2.24) is 20.3 Å². The standard InChI is InChI=1S/C29H33F2N5O3/c1-15-9-23(26(17-5-7-39-8-6-17)35-25(15)18-13-32-16(2)33-14-18)34-28(38)36-27-19-10-21(30)22(31)11-20(19)29(3,4)12-24(27)37/h9-11,13-14,17,24,27,37H,5-8,12H2,1-4H3,(H2,34,36,38)/t24-,27?/m1/s1. The monoisotopic (exact) mass is 537 g/mol. The van der Waals surface area contributed by atoms with Gasteiger partial charge in [-0.25, -0.2) is 28.5 Å². The van der Waals surface area contributed by atoms with Gasteiger partial charge in [0.2, 0.25) is 0 Å². The highest BCUT2D eigenvalue weighted by Crippen LogP contribution is 2.43. The van der Waals surface area contributed by atoms with Crippen molar-refractivity contribution < 1.29 is 23.4 Å². The number of benzene rings is 1. The zero-order chi connectivity index (χ0) is 27.9. The van der Waals surface area contributed by atoms with Crippen molar-refractivity contribution in [2.45, 2.75) is 70.4 Å². The van der Waals surface area contributed by atoms with Crippen LogP contribution in [0.5, 0.6) is 0 Å². The second kappa shape index (κ2) is 10.6. The highest BCUT2D eigenvalue weighted by Gasteiger charge is 2.40. The number of nitrogens with zero attached hydrogens (tertiary/aromatic N) is 3. The van der Waals surface area contributed by atoms with Crippen LogP contribution < -0.4 is 10.6 Å². The van der Waals surface area contributed by atoms with Crippen molar-refractivity contribution >= 4 is 11.7 Å².